The van der Waals surface area contributed by atoms with E-state index in [0.717, 1.165) is 0 Å². The third kappa shape index (κ3) is 2.46. The van der Waals surface area contributed by atoms with Crippen LogP contribution < -0.4 is 11.3 Å². The van der Waals surface area contributed by atoms with Crippen LogP contribution in [0.4, 0.5) is 5.69 Å². The summed E-state index contributed by atoms with van der Waals surface area (Å²) in [4.78, 5) is 23.4. The highest BCUT2D eigenvalue weighted by Gasteiger charge is 2.18. The molecule has 3 N–H and O–H groups in total. The van der Waals surface area contributed by atoms with Gasteiger partial charge in [-0.1, -0.05) is 11.8 Å². The molecule has 1 aromatic heterocycles. The molecule has 0 aliphatic carbocycles. The van der Waals surface area contributed by atoms with E-state index in [9.17, 15) is 14.9 Å². The number of hydrogen-bond donors (Lipinski definition) is 2. The Labute approximate surface area is 91.6 Å². The average Bonchev–Trinajstić information content (AvgIpc) is 2.21. The molecule has 0 unspecified atom stereocenters. The van der Waals surface area contributed by atoms with E-state index in [1.165, 1.54) is 13.1 Å². The molecule has 16 heavy (non-hydrogen) atoms. The number of aromatic nitrogens is 1. The second kappa shape index (κ2) is 5.09. The van der Waals surface area contributed by atoms with Crippen molar-refractivity contribution in [1.82, 2.24) is 4.98 Å². The van der Waals surface area contributed by atoms with Crippen LogP contribution in [0.15, 0.2) is 11.0 Å². The molecule has 0 saturated heterocycles. The smallest absolute Gasteiger partial charge is 0.330 e. The predicted molar refractivity (Wildman–Crippen MR) is 59.0 cm³/mol. The molecule has 0 aliphatic heterocycles. The lowest BCUT2D eigenvalue weighted by atomic mass is 10.1. The van der Waals surface area contributed by atoms with Gasteiger partial charge in [0.05, 0.1) is 10.5 Å². The van der Waals surface area contributed by atoms with Crippen molar-refractivity contribution >= 4 is 5.69 Å². The molecular weight excluding hydrogens is 210 g/mol. The quantitative estimate of drug-likeness (QED) is 0.425. The van der Waals surface area contributed by atoms with Crippen molar-refractivity contribution in [3.63, 3.8) is 0 Å². The predicted octanol–water partition coefficient (Wildman–Crippen LogP) is 0.292. The molecule has 0 saturated carbocycles. The molecule has 84 valence electrons. The van der Waals surface area contributed by atoms with Crippen molar-refractivity contribution in [3.05, 3.63) is 37.8 Å². The topological polar surface area (TPSA) is 102 Å². The van der Waals surface area contributed by atoms with Crippen molar-refractivity contribution in [1.29, 1.82) is 0 Å². The van der Waals surface area contributed by atoms with Gasteiger partial charge in [-0.3, -0.25) is 14.9 Å². The number of rotatable bonds is 2. The summed E-state index contributed by atoms with van der Waals surface area (Å²) in [7, 11) is 0. The van der Waals surface area contributed by atoms with Crippen LogP contribution >= 0.6 is 0 Å². The van der Waals surface area contributed by atoms with Gasteiger partial charge >= 0.3 is 11.2 Å². The molecule has 0 aromatic carbocycles. The fourth-order valence-corrected chi connectivity index (χ4v) is 1.19. The summed E-state index contributed by atoms with van der Waals surface area (Å²) in [6.45, 7) is 1.93. The molecular formula is C10H11N3O3. The molecule has 0 radical (unpaired) electrons. The van der Waals surface area contributed by atoms with Gasteiger partial charge in [-0.05, 0) is 6.92 Å². The van der Waals surface area contributed by atoms with E-state index in [1.807, 2.05) is 0 Å². The second-order valence-corrected chi connectivity index (χ2v) is 3.10. The third-order valence-electron chi connectivity index (χ3n) is 2.00. The highest BCUT2D eigenvalue weighted by molar-refractivity contribution is 5.49. The molecule has 0 bridgehead atoms. The highest BCUT2D eigenvalue weighted by Crippen LogP contribution is 2.14. The zero-order valence-electron chi connectivity index (χ0n) is 8.74. The first kappa shape index (κ1) is 11.9. The van der Waals surface area contributed by atoms with Crippen LogP contribution in [0.5, 0.6) is 0 Å². The summed E-state index contributed by atoms with van der Waals surface area (Å²) in [5, 5.41) is 10.6. The summed E-state index contributed by atoms with van der Waals surface area (Å²) in [5.74, 6) is 5.49. The van der Waals surface area contributed by atoms with Crippen molar-refractivity contribution in [2.24, 2.45) is 5.73 Å². The first-order valence-electron chi connectivity index (χ1n) is 4.63. The second-order valence-electron chi connectivity index (χ2n) is 3.10. The molecule has 0 atom stereocenters. The van der Waals surface area contributed by atoms with Crippen molar-refractivity contribution in [3.8, 4) is 11.8 Å². The maximum absolute atomic E-state index is 11.2. The minimum Gasteiger partial charge on any atom is -0.330 e. The van der Waals surface area contributed by atoms with Gasteiger partial charge in [0.2, 0.25) is 0 Å². The molecule has 1 rings (SSSR count). The summed E-state index contributed by atoms with van der Waals surface area (Å²) < 4.78 is 0. The number of nitro groups is 1. The van der Waals surface area contributed by atoms with Gasteiger partial charge in [0.25, 0.3) is 0 Å². The average molecular weight is 221 g/mol. The maximum atomic E-state index is 11.2. The van der Waals surface area contributed by atoms with Gasteiger partial charge in [-0.25, -0.2) is 0 Å². The fourth-order valence-electron chi connectivity index (χ4n) is 1.19. The Kier molecular flexibility index (Phi) is 3.80. The van der Waals surface area contributed by atoms with Gasteiger partial charge < -0.3 is 10.7 Å². The fraction of sp³-hybridized carbons (Fsp3) is 0.300. The summed E-state index contributed by atoms with van der Waals surface area (Å²) in [6.07, 6.45) is 1.88. The number of pyridine rings is 1. The summed E-state index contributed by atoms with van der Waals surface area (Å²) in [6, 6.07) is 0. The van der Waals surface area contributed by atoms with Crippen LogP contribution in [0.2, 0.25) is 0 Å². The lowest BCUT2D eigenvalue weighted by molar-refractivity contribution is -0.386. The van der Waals surface area contributed by atoms with E-state index in [1.54, 1.807) is 0 Å². The van der Waals surface area contributed by atoms with Gasteiger partial charge in [-0.15, -0.1) is 0 Å². The molecule has 1 aromatic rings. The van der Waals surface area contributed by atoms with E-state index in [0.29, 0.717) is 18.5 Å². The van der Waals surface area contributed by atoms with E-state index >= 15 is 0 Å². The van der Waals surface area contributed by atoms with Gasteiger partial charge in [0.15, 0.2) is 0 Å². The van der Waals surface area contributed by atoms with E-state index in [2.05, 4.69) is 16.8 Å². The van der Waals surface area contributed by atoms with E-state index < -0.39 is 16.2 Å². The molecule has 1 heterocycles. The van der Waals surface area contributed by atoms with E-state index in [-0.39, 0.29) is 5.56 Å². The van der Waals surface area contributed by atoms with Crippen LogP contribution in [0.3, 0.4) is 0 Å². The Morgan fingerprint density at radius 2 is 2.31 bits per heavy atom. The molecule has 0 amide bonds. The largest absolute Gasteiger partial charge is 0.337 e. The zero-order valence-corrected chi connectivity index (χ0v) is 8.74. The van der Waals surface area contributed by atoms with Gasteiger partial charge in [0, 0.05) is 24.7 Å². The van der Waals surface area contributed by atoms with Crippen LogP contribution in [-0.2, 0) is 0 Å². The normalized spacial score (nSPS) is 9.38. The SMILES string of the molecule is Cc1c(C#CCCN)c[nH]c(=O)c1[N+](=O)[O-]. The first-order chi connectivity index (χ1) is 7.57. The van der Waals surface area contributed by atoms with Crippen molar-refractivity contribution < 1.29 is 4.92 Å². The summed E-state index contributed by atoms with van der Waals surface area (Å²) >= 11 is 0. The van der Waals surface area contributed by atoms with Crippen molar-refractivity contribution in [2.45, 2.75) is 13.3 Å². The molecule has 6 nitrogen and oxygen atoms in total. The van der Waals surface area contributed by atoms with E-state index in [4.69, 9.17) is 5.73 Å². The Bertz CT molecular complexity index is 522. The number of nitrogens with one attached hydrogen (secondary N) is 1. The van der Waals surface area contributed by atoms with Crippen LogP contribution in [0.25, 0.3) is 0 Å². The Balaban J connectivity index is 3.26. The summed E-state index contributed by atoms with van der Waals surface area (Å²) in [5.41, 5.74) is 4.81. The standard InChI is InChI=1S/C10H11N3O3/c1-7-8(4-2-3-5-11)6-12-10(14)9(7)13(15)16/h6H,3,5,11H2,1H3,(H,12,14). The third-order valence-corrected chi connectivity index (χ3v) is 2.00. The monoisotopic (exact) mass is 221 g/mol. The molecule has 0 spiro atoms. The van der Waals surface area contributed by atoms with Crippen LogP contribution in [0.1, 0.15) is 17.5 Å². The molecule has 0 aliphatic rings. The number of nitrogens with two attached hydrogens (primary N) is 1. The highest BCUT2D eigenvalue weighted by atomic mass is 16.6. The van der Waals surface area contributed by atoms with Gasteiger partial charge in [-0.2, -0.15) is 0 Å². The Morgan fingerprint density at radius 1 is 1.62 bits per heavy atom. The Morgan fingerprint density at radius 3 is 2.88 bits per heavy atom. The van der Waals surface area contributed by atoms with Gasteiger partial charge in [0.1, 0.15) is 0 Å². The van der Waals surface area contributed by atoms with Crippen LogP contribution in [0, 0.1) is 28.9 Å². The molecule has 0 fully saturated rings. The minimum atomic E-state index is -0.716. The number of nitrogens with zero attached hydrogens (tertiary/aromatic N) is 1. The lowest BCUT2D eigenvalue weighted by Crippen LogP contribution is -2.13. The number of aromatic amines is 1. The van der Waals surface area contributed by atoms with Crippen molar-refractivity contribution in [2.75, 3.05) is 6.54 Å². The zero-order chi connectivity index (χ0) is 12.1. The lowest BCUT2D eigenvalue weighted by Gasteiger charge is -1.98. The molecule has 6 heteroatoms. The van der Waals surface area contributed by atoms with Crippen LogP contribution in [-0.4, -0.2) is 16.5 Å². The Hall–Kier alpha value is -2.13. The first-order valence-corrected chi connectivity index (χ1v) is 4.63. The minimum absolute atomic E-state index is 0.276. The number of hydrogen-bond acceptors (Lipinski definition) is 4. The maximum Gasteiger partial charge on any atom is 0.337 e. The number of H-pyrrole nitrogens is 1.